The fourth-order valence-corrected chi connectivity index (χ4v) is 4.41. The molecule has 0 bridgehead atoms. The molecular weight excluding hydrogens is 252 g/mol. The smallest absolute Gasteiger partial charge is 0.302 e. The van der Waals surface area contributed by atoms with Crippen molar-refractivity contribution in [3.63, 3.8) is 0 Å². The van der Waals surface area contributed by atoms with E-state index in [2.05, 4.69) is 13.5 Å². The lowest BCUT2D eigenvalue weighted by Crippen LogP contribution is -2.54. The van der Waals surface area contributed by atoms with Gasteiger partial charge in [-0.05, 0) is 51.4 Å². The lowest BCUT2D eigenvalue weighted by atomic mass is 9.54. The second-order valence-corrected chi connectivity index (χ2v) is 7.52. The molecule has 0 saturated heterocycles. The zero-order valence-corrected chi connectivity index (χ0v) is 13.2. The molecule has 2 rings (SSSR count). The molecule has 0 aromatic rings. The van der Waals surface area contributed by atoms with Gasteiger partial charge >= 0.3 is 5.97 Å². The van der Waals surface area contributed by atoms with Crippen molar-refractivity contribution in [3.8, 4) is 0 Å². The highest BCUT2D eigenvalue weighted by molar-refractivity contribution is 5.66. The van der Waals surface area contributed by atoms with E-state index in [1.165, 1.54) is 18.9 Å². The van der Waals surface area contributed by atoms with E-state index in [0.29, 0.717) is 0 Å². The maximum Gasteiger partial charge on any atom is 0.302 e. The second-order valence-electron chi connectivity index (χ2n) is 7.52. The van der Waals surface area contributed by atoms with E-state index in [0.717, 1.165) is 25.7 Å². The molecule has 114 valence electrons. The zero-order valence-electron chi connectivity index (χ0n) is 13.2. The summed E-state index contributed by atoms with van der Waals surface area (Å²) in [6.07, 6.45) is 5.08. The van der Waals surface area contributed by atoms with Crippen LogP contribution in [0, 0.1) is 17.3 Å². The van der Waals surface area contributed by atoms with Gasteiger partial charge in [-0.2, -0.15) is 0 Å². The van der Waals surface area contributed by atoms with Crippen LogP contribution in [0.2, 0.25) is 0 Å². The van der Waals surface area contributed by atoms with Gasteiger partial charge in [0, 0.05) is 18.8 Å². The van der Waals surface area contributed by atoms with Crippen LogP contribution in [-0.2, 0) is 9.53 Å². The van der Waals surface area contributed by atoms with Crippen LogP contribution < -0.4 is 0 Å². The molecule has 0 aromatic heterocycles. The van der Waals surface area contributed by atoms with Gasteiger partial charge in [-0.15, -0.1) is 0 Å². The summed E-state index contributed by atoms with van der Waals surface area (Å²) in [4.78, 5) is 11.5. The standard InChI is InChI=1S/C17H28O3/c1-11-7-6-9-17(5)10-8-13(16(3,4)19)15(14(11)17)20-12(2)18/h13-15,19H,1,6-10H2,2-5H3. The van der Waals surface area contributed by atoms with Gasteiger partial charge in [0.1, 0.15) is 6.10 Å². The van der Waals surface area contributed by atoms with Crippen molar-refractivity contribution in [2.24, 2.45) is 17.3 Å². The average molecular weight is 280 g/mol. The third kappa shape index (κ3) is 2.78. The number of rotatable bonds is 2. The molecule has 3 heteroatoms. The molecule has 2 saturated carbocycles. The summed E-state index contributed by atoms with van der Waals surface area (Å²) < 4.78 is 5.68. The number of ether oxygens (including phenoxy) is 1. The van der Waals surface area contributed by atoms with Crippen molar-refractivity contribution in [1.82, 2.24) is 0 Å². The van der Waals surface area contributed by atoms with Gasteiger partial charge in [-0.3, -0.25) is 4.79 Å². The molecule has 0 heterocycles. The maximum atomic E-state index is 11.5. The molecule has 0 aromatic carbocycles. The van der Waals surface area contributed by atoms with Gasteiger partial charge < -0.3 is 9.84 Å². The fraction of sp³-hybridized carbons (Fsp3) is 0.824. The van der Waals surface area contributed by atoms with Crippen LogP contribution in [0.4, 0.5) is 0 Å². The van der Waals surface area contributed by atoms with Gasteiger partial charge in [0.2, 0.25) is 0 Å². The summed E-state index contributed by atoms with van der Waals surface area (Å²) in [5.74, 6) is -0.0866. The van der Waals surface area contributed by atoms with E-state index in [-0.39, 0.29) is 29.3 Å². The molecule has 3 nitrogen and oxygen atoms in total. The average Bonchev–Trinajstić information content (AvgIpc) is 2.25. The second kappa shape index (κ2) is 5.18. The first-order chi connectivity index (χ1) is 9.15. The highest BCUT2D eigenvalue weighted by Gasteiger charge is 2.53. The highest BCUT2D eigenvalue weighted by atomic mass is 16.5. The lowest BCUT2D eigenvalue weighted by molar-refractivity contribution is -0.174. The minimum absolute atomic E-state index is 0.0145. The number of hydrogen-bond acceptors (Lipinski definition) is 3. The van der Waals surface area contributed by atoms with Crippen molar-refractivity contribution >= 4 is 5.97 Å². The summed E-state index contributed by atoms with van der Waals surface area (Å²) in [6, 6.07) is 0. The Balaban J connectivity index is 2.37. The molecule has 0 spiro atoms. The van der Waals surface area contributed by atoms with Crippen LogP contribution >= 0.6 is 0 Å². The van der Waals surface area contributed by atoms with E-state index in [1.807, 2.05) is 13.8 Å². The first kappa shape index (κ1) is 15.6. The maximum absolute atomic E-state index is 11.5. The third-order valence-electron chi connectivity index (χ3n) is 5.40. The molecule has 4 atom stereocenters. The lowest BCUT2D eigenvalue weighted by Gasteiger charge is -2.54. The van der Waals surface area contributed by atoms with Gasteiger partial charge in [0.15, 0.2) is 0 Å². The van der Waals surface area contributed by atoms with Crippen LogP contribution in [-0.4, -0.2) is 22.8 Å². The first-order valence-electron chi connectivity index (χ1n) is 7.72. The topological polar surface area (TPSA) is 46.5 Å². The van der Waals surface area contributed by atoms with Crippen molar-refractivity contribution in [3.05, 3.63) is 12.2 Å². The van der Waals surface area contributed by atoms with E-state index < -0.39 is 5.60 Å². The molecule has 20 heavy (non-hydrogen) atoms. The minimum atomic E-state index is -0.834. The van der Waals surface area contributed by atoms with Gasteiger partial charge in [0.05, 0.1) is 5.60 Å². The Morgan fingerprint density at radius 2 is 2.10 bits per heavy atom. The molecular formula is C17H28O3. The molecule has 4 unspecified atom stereocenters. The van der Waals surface area contributed by atoms with Gasteiger partial charge in [-0.25, -0.2) is 0 Å². The van der Waals surface area contributed by atoms with Crippen molar-refractivity contribution < 1.29 is 14.6 Å². The molecule has 1 N–H and O–H groups in total. The fourth-order valence-electron chi connectivity index (χ4n) is 4.41. The summed E-state index contributed by atoms with van der Waals surface area (Å²) in [7, 11) is 0. The third-order valence-corrected chi connectivity index (χ3v) is 5.40. The summed E-state index contributed by atoms with van der Waals surface area (Å²) in [5, 5.41) is 10.5. The quantitative estimate of drug-likeness (QED) is 0.622. The Labute approximate surface area is 122 Å². The predicted octanol–water partition coefficient (Wildman–Crippen LogP) is 3.46. The molecule has 2 aliphatic carbocycles. The van der Waals surface area contributed by atoms with Crippen molar-refractivity contribution in [2.45, 2.75) is 71.5 Å². The summed E-state index contributed by atoms with van der Waals surface area (Å²) >= 11 is 0. The van der Waals surface area contributed by atoms with Gasteiger partial charge in [-0.1, -0.05) is 19.1 Å². The zero-order chi connectivity index (χ0) is 15.1. The SMILES string of the molecule is C=C1CCCC2(C)CCC(C(C)(C)O)C(OC(C)=O)C12. The molecule has 2 aliphatic rings. The number of aliphatic hydroxyl groups is 1. The van der Waals surface area contributed by atoms with E-state index in [1.54, 1.807) is 0 Å². The largest absolute Gasteiger partial charge is 0.461 e. The number of carbonyl (C=O) groups is 1. The van der Waals surface area contributed by atoms with E-state index >= 15 is 0 Å². The van der Waals surface area contributed by atoms with Crippen LogP contribution in [0.1, 0.15) is 59.8 Å². The van der Waals surface area contributed by atoms with Crippen LogP contribution in [0.25, 0.3) is 0 Å². The van der Waals surface area contributed by atoms with Crippen LogP contribution in [0.5, 0.6) is 0 Å². The number of hydrogen-bond donors (Lipinski definition) is 1. The van der Waals surface area contributed by atoms with Crippen LogP contribution in [0.3, 0.4) is 0 Å². The number of carbonyl (C=O) groups excluding carboxylic acids is 1. The Kier molecular flexibility index (Phi) is 4.03. The summed E-state index contributed by atoms with van der Waals surface area (Å²) in [5.41, 5.74) is 0.523. The monoisotopic (exact) mass is 280 g/mol. The molecule has 0 aliphatic heterocycles. The molecule has 0 radical (unpaired) electrons. The Morgan fingerprint density at radius 1 is 1.45 bits per heavy atom. The van der Waals surface area contributed by atoms with Crippen molar-refractivity contribution in [2.75, 3.05) is 0 Å². The number of esters is 1. The summed E-state index contributed by atoms with van der Waals surface area (Å²) in [6.45, 7) is 11.6. The highest BCUT2D eigenvalue weighted by Crippen LogP contribution is 2.55. The molecule has 0 amide bonds. The van der Waals surface area contributed by atoms with Crippen molar-refractivity contribution in [1.29, 1.82) is 0 Å². The normalized spacial score (nSPS) is 38.2. The number of fused-ring (bicyclic) bond motifs is 1. The Hall–Kier alpha value is -0.830. The Morgan fingerprint density at radius 3 is 2.65 bits per heavy atom. The van der Waals surface area contributed by atoms with Crippen LogP contribution in [0.15, 0.2) is 12.2 Å². The predicted molar refractivity (Wildman–Crippen MR) is 79.2 cm³/mol. The molecule has 2 fully saturated rings. The van der Waals surface area contributed by atoms with Gasteiger partial charge in [0.25, 0.3) is 0 Å². The first-order valence-corrected chi connectivity index (χ1v) is 7.72. The van der Waals surface area contributed by atoms with E-state index in [4.69, 9.17) is 4.74 Å². The minimum Gasteiger partial charge on any atom is -0.461 e. The van der Waals surface area contributed by atoms with E-state index in [9.17, 15) is 9.90 Å². The Bertz CT molecular complexity index is 407.